The third kappa shape index (κ3) is 5.04. The number of benzene rings is 9. The Morgan fingerprint density at radius 3 is 1.69 bits per heavy atom. The molecule has 10 aromatic rings. The molecule has 1 heterocycles. The van der Waals surface area contributed by atoms with E-state index >= 15 is 0 Å². The minimum absolute atomic E-state index is 1.10. The molecule has 0 aliphatic rings. The van der Waals surface area contributed by atoms with Crippen molar-refractivity contribution in [3.8, 4) is 27.9 Å². The van der Waals surface area contributed by atoms with Crippen LogP contribution in [-0.2, 0) is 0 Å². The first kappa shape index (κ1) is 30.0. The number of nitrogens with zero attached hydrogens (tertiary/aromatic N) is 2. The SMILES string of the molecule is c1ccc(-c2ccc(N(c3cccc(-c4ccccc4)c3)c3cc(-n4c5ccccc5c5c6ccccc6ccc54)cc4ccccc34)cc2)cc1. The van der Waals surface area contributed by atoms with Crippen LogP contribution < -0.4 is 4.90 Å². The van der Waals surface area contributed by atoms with E-state index in [1.807, 2.05) is 0 Å². The average Bonchev–Trinajstić information content (AvgIpc) is 3.57. The summed E-state index contributed by atoms with van der Waals surface area (Å²) in [6.07, 6.45) is 0. The Bertz CT molecular complexity index is 2890. The number of hydrogen-bond donors (Lipinski definition) is 0. The number of para-hydroxylation sites is 1. The van der Waals surface area contributed by atoms with Crippen molar-refractivity contribution in [1.82, 2.24) is 4.57 Å². The molecule has 0 aliphatic carbocycles. The van der Waals surface area contributed by atoms with E-state index in [0.717, 1.165) is 22.7 Å². The molecule has 0 unspecified atom stereocenters. The molecule has 0 N–H and O–H groups in total. The van der Waals surface area contributed by atoms with Gasteiger partial charge in [-0.25, -0.2) is 0 Å². The number of anilines is 3. The second-order valence-corrected chi connectivity index (χ2v) is 13.4. The van der Waals surface area contributed by atoms with Crippen molar-refractivity contribution in [2.24, 2.45) is 0 Å². The topological polar surface area (TPSA) is 8.17 Å². The largest absolute Gasteiger partial charge is 0.310 e. The number of rotatable bonds is 6. The van der Waals surface area contributed by atoms with E-state index in [1.165, 1.54) is 65.6 Å². The zero-order valence-corrected chi connectivity index (χ0v) is 28.5. The molecule has 0 atom stereocenters. The predicted octanol–water partition coefficient (Wildman–Crippen LogP) is 13.9. The van der Waals surface area contributed by atoms with E-state index in [-0.39, 0.29) is 0 Å². The minimum Gasteiger partial charge on any atom is -0.310 e. The van der Waals surface area contributed by atoms with Crippen LogP contribution in [0.15, 0.2) is 206 Å². The first-order valence-corrected chi connectivity index (χ1v) is 17.9. The van der Waals surface area contributed by atoms with Gasteiger partial charge in [0.05, 0.1) is 16.7 Å². The first-order chi connectivity index (χ1) is 25.8. The van der Waals surface area contributed by atoms with E-state index in [1.54, 1.807) is 0 Å². The molecule has 0 amide bonds. The summed E-state index contributed by atoms with van der Waals surface area (Å²) in [5, 5.41) is 7.44. The molecule has 0 aliphatic heterocycles. The van der Waals surface area contributed by atoms with Crippen LogP contribution in [0.1, 0.15) is 0 Å². The number of fused-ring (bicyclic) bond motifs is 6. The van der Waals surface area contributed by atoms with Crippen LogP contribution in [-0.4, -0.2) is 4.57 Å². The highest BCUT2D eigenvalue weighted by molar-refractivity contribution is 6.21. The predicted molar refractivity (Wildman–Crippen MR) is 221 cm³/mol. The van der Waals surface area contributed by atoms with Crippen molar-refractivity contribution in [2.75, 3.05) is 4.90 Å². The van der Waals surface area contributed by atoms with Crippen molar-refractivity contribution in [2.45, 2.75) is 0 Å². The second kappa shape index (κ2) is 12.5. The normalized spacial score (nSPS) is 11.5. The summed E-state index contributed by atoms with van der Waals surface area (Å²) in [6, 6.07) is 74.7. The summed E-state index contributed by atoms with van der Waals surface area (Å²) in [6.45, 7) is 0. The Hall–Kier alpha value is -6.90. The van der Waals surface area contributed by atoms with Gasteiger partial charge in [-0.15, -0.1) is 0 Å². The number of hydrogen-bond acceptors (Lipinski definition) is 1. The van der Waals surface area contributed by atoms with Gasteiger partial charge in [0.1, 0.15) is 0 Å². The third-order valence-electron chi connectivity index (χ3n) is 10.3. The molecule has 52 heavy (non-hydrogen) atoms. The second-order valence-electron chi connectivity index (χ2n) is 13.4. The maximum absolute atomic E-state index is 2.45. The van der Waals surface area contributed by atoms with Crippen LogP contribution in [0.4, 0.5) is 17.1 Å². The Morgan fingerprint density at radius 1 is 0.327 bits per heavy atom. The molecular formula is C50H34N2. The molecule has 1 aromatic heterocycles. The van der Waals surface area contributed by atoms with E-state index in [2.05, 4.69) is 216 Å². The zero-order chi connectivity index (χ0) is 34.4. The van der Waals surface area contributed by atoms with Crippen LogP contribution in [0.2, 0.25) is 0 Å². The Kier molecular flexibility index (Phi) is 7.18. The fraction of sp³-hybridized carbons (Fsp3) is 0. The molecule has 2 nitrogen and oxygen atoms in total. The molecule has 0 saturated heterocycles. The van der Waals surface area contributed by atoms with Crippen LogP contribution in [0, 0.1) is 0 Å². The van der Waals surface area contributed by atoms with E-state index in [4.69, 9.17) is 0 Å². The molecule has 10 rings (SSSR count). The summed E-state index contributed by atoms with van der Waals surface area (Å²) < 4.78 is 2.45. The van der Waals surface area contributed by atoms with Gasteiger partial charge in [0.15, 0.2) is 0 Å². The van der Waals surface area contributed by atoms with E-state index in [0.29, 0.717) is 0 Å². The lowest BCUT2D eigenvalue weighted by Gasteiger charge is -2.28. The molecule has 0 bridgehead atoms. The van der Waals surface area contributed by atoms with E-state index < -0.39 is 0 Å². The molecule has 0 fully saturated rings. The van der Waals surface area contributed by atoms with Gasteiger partial charge in [0, 0.05) is 33.2 Å². The maximum Gasteiger partial charge on any atom is 0.0560 e. The summed E-state index contributed by atoms with van der Waals surface area (Å²) in [7, 11) is 0. The Labute approximate surface area is 303 Å². The summed E-state index contributed by atoms with van der Waals surface area (Å²) in [5.41, 5.74) is 11.6. The van der Waals surface area contributed by atoms with Gasteiger partial charge in [0.2, 0.25) is 0 Å². The quantitative estimate of drug-likeness (QED) is 0.172. The van der Waals surface area contributed by atoms with Gasteiger partial charge in [0.25, 0.3) is 0 Å². The highest BCUT2D eigenvalue weighted by Crippen LogP contribution is 2.44. The first-order valence-electron chi connectivity index (χ1n) is 17.9. The van der Waals surface area contributed by atoms with Gasteiger partial charge in [-0.05, 0) is 86.9 Å². The fourth-order valence-electron chi connectivity index (χ4n) is 7.92. The lowest BCUT2D eigenvalue weighted by molar-refractivity contribution is 1.18. The van der Waals surface area contributed by atoms with E-state index in [9.17, 15) is 0 Å². The van der Waals surface area contributed by atoms with Crippen LogP contribution in [0.3, 0.4) is 0 Å². The lowest BCUT2D eigenvalue weighted by Crippen LogP contribution is -2.11. The minimum atomic E-state index is 1.10. The molecule has 244 valence electrons. The maximum atomic E-state index is 2.45. The summed E-state index contributed by atoms with van der Waals surface area (Å²) >= 11 is 0. The lowest BCUT2D eigenvalue weighted by atomic mass is 10.0. The van der Waals surface area contributed by atoms with Crippen molar-refractivity contribution in [1.29, 1.82) is 0 Å². The van der Waals surface area contributed by atoms with Gasteiger partial charge in [-0.2, -0.15) is 0 Å². The van der Waals surface area contributed by atoms with Gasteiger partial charge in [-0.3, -0.25) is 0 Å². The molecule has 0 saturated carbocycles. The highest BCUT2D eigenvalue weighted by Gasteiger charge is 2.20. The third-order valence-corrected chi connectivity index (χ3v) is 10.3. The van der Waals surface area contributed by atoms with Crippen molar-refractivity contribution >= 4 is 60.4 Å². The fourth-order valence-corrected chi connectivity index (χ4v) is 7.92. The molecule has 9 aromatic carbocycles. The standard InChI is InChI=1S/C50H34N2/c1-3-14-35(15-4-1)37-26-29-41(30-27-37)51(42-21-13-20-39(32-42)36-16-5-2-6-17-36)49-34-43(33-40-19-8-9-22-44(40)49)52-47-25-12-11-24-46(47)50-45-23-10-7-18-38(45)28-31-48(50)52/h1-34H. The molecule has 0 spiro atoms. The van der Waals surface area contributed by atoms with Crippen LogP contribution in [0.25, 0.3) is 71.3 Å². The van der Waals surface area contributed by atoms with Crippen LogP contribution >= 0.6 is 0 Å². The highest BCUT2D eigenvalue weighted by atomic mass is 15.1. The van der Waals surface area contributed by atoms with Gasteiger partial charge in [-0.1, -0.05) is 158 Å². The van der Waals surface area contributed by atoms with Crippen LogP contribution in [0.5, 0.6) is 0 Å². The Morgan fingerprint density at radius 2 is 0.923 bits per heavy atom. The monoisotopic (exact) mass is 662 g/mol. The van der Waals surface area contributed by atoms with Crippen molar-refractivity contribution < 1.29 is 0 Å². The average molecular weight is 663 g/mol. The number of aromatic nitrogens is 1. The summed E-state index contributed by atoms with van der Waals surface area (Å²) in [5.74, 6) is 0. The Balaban J connectivity index is 1.24. The van der Waals surface area contributed by atoms with Crippen molar-refractivity contribution in [3.05, 3.63) is 206 Å². The van der Waals surface area contributed by atoms with Gasteiger partial charge < -0.3 is 9.47 Å². The van der Waals surface area contributed by atoms with Gasteiger partial charge >= 0.3 is 0 Å². The van der Waals surface area contributed by atoms with Crippen molar-refractivity contribution in [3.63, 3.8) is 0 Å². The smallest absolute Gasteiger partial charge is 0.0560 e. The molecular weight excluding hydrogens is 629 g/mol. The summed E-state index contributed by atoms with van der Waals surface area (Å²) in [4.78, 5) is 2.43. The zero-order valence-electron chi connectivity index (χ0n) is 28.5. The molecule has 2 heteroatoms. The molecule has 0 radical (unpaired) electrons.